The molecule has 20 heavy (non-hydrogen) atoms. The average molecular weight is 289 g/mol. The third-order valence-corrected chi connectivity index (χ3v) is 3.94. The van der Waals surface area contributed by atoms with E-state index in [2.05, 4.69) is 47.0 Å². The molecule has 108 valence electrons. The van der Waals surface area contributed by atoms with E-state index in [-0.39, 0.29) is 0 Å². The van der Waals surface area contributed by atoms with E-state index in [1.54, 1.807) is 0 Å². The van der Waals surface area contributed by atoms with E-state index in [1.807, 2.05) is 6.92 Å². The molecule has 1 aliphatic rings. The van der Waals surface area contributed by atoms with Crippen LogP contribution in [0.5, 0.6) is 0 Å². The molecule has 0 amide bonds. The number of hydrogen-bond acceptors (Lipinski definition) is 2. The summed E-state index contributed by atoms with van der Waals surface area (Å²) in [6.07, 6.45) is 6.37. The molecule has 1 aromatic carbocycles. The van der Waals surface area contributed by atoms with Gasteiger partial charge in [0, 0.05) is 6.04 Å². The average Bonchev–Trinajstić information content (AvgIpc) is 2.46. The number of rotatable bonds is 3. The minimum absolute atomic E-state index is 0.513. The van der Waals surface area contributed by atoms with Gasteiger partial charge in [0.15, 0.2) is 5.11 Å². The molecule has 0 radical (unpaired) electrons. The Kier molecular flexibility index (Phi) is 5.53. The predicted molar refractivity (Wildman–Crippen MR) is 89.1 cm³/mol. The third-order valence-electron chi connectivity index (χ3n) is 3.73. The molecule has 0 unspecified atom stereocenters. The lowest BCUT2D eigenvalue weighted by Crippen LogP contribution is -2.41. The molecule has 2 rings (SSSR count). The number of benzene rings is 1. The Balaban J connectivity index is 1.84. The summed E-state index contributed by atoms with van der Waals surface area (Å²) in [6, 6.07) is 8.85. The zero-order valence-electron chi connectivity index (χ0n) is 12.3. The first kappa shape index (κ1) is 15.0. The number of thiocarbonyl (C=S) groups is 1. The third kappa shape index (κ3) is 4.60. The first-order valence-corrected chi connectivity index (χ1v) is 7.74. The van der Waals surface area contributed by atoms with Crippen molar-refractivity contribution in [2.75, 3.05) is 0 Å². The standard InChI is InChI=1S/C16H23N3S/c1-12-8-10-14(11-9-12)13(2)18-19-16(20)17-15-6-4-3-5-7-15/h8-11,15H,3-7H2,1-2H3,(H2,17,19,20)/b18-13-. The summed E-state index contributed by atoms with van der Waals surface area (Å²) in [5, 5.41) is 8.33. The number of nitrogens with zero attached hydrogens (tertiary/aromatic N) is 1. The molecule has 3 nitrogen and oxygen atoms in total. The summed E-state index contributed by atoms with van der Waals surface area (Å²) in [7, 11) is 0. The van der Waals surface area contributed by atoms with Crippen LogP contribution in [-0.4, -0.2) is 16.9 Å². The first-order chi connectivity index (χ1) is 9.65. The molecular formula is C16H23N3S. The second-order valence-electron chi connectivity index (χ2n) is 5.48. The highest BCUT2D eigenvalue weighted by molar-refractivity contribution is 7.80. The van der Waals surface area contributed by atoms with Crippen LogP contribution in [0.1, 0.15) is 50.2 Å². The molecule has 0 atom stereocenters. The molecule has 1 aliphatic carbocycles. The van der Waals surface area contributed by atoms with E-state index in [0.717, 1.165) is 11.3 Å². The fourth-order valence-electron chi connectivity index (χ4n) is 2.46. The minimum Gasteiger partial charge on any atom is -0.359 e. The van der Waals surface area contributed by atoms with Gasteiger partial charge in [-0.3, -0.25) is 5.43 Å². The predicted octanol–water partition coefficient (Wildman–Crippen LogP) is 3.52. The summed E-state index contributed by atoms with van der Waals surface area (Å²) >= 11 is 5.29. The summed E-state index contributed by atoms with van der Waals surface area (Å²) in [5.41, 5.74) is 6.26. The van der Waals surface area contributed by atoms with Gasteiger partial charge in [0.2, 0.25) is 0 Å². The monoisotopic (exact) mass is 289 g/mol. The second kappa shape index (κ2) is 7.39. The van der Waals surface area contributed by atoms with Crippen LogP contribution < -0.4 is 10.7 Å². The minimum atomic E-state index is 0.513. The van der Waals surface area contributed by atoms with Crippen LogP contribution >= 0.6 is 12.2 Å². The van der Waals surface area contributed by atoms with Gasteiger partial charge in [-0.05, 0) is 44.5 Å². The summed E-state index contributed by atoms with van der Waals surface area (Å²) in [4.78, 5) is 0. The van der Waals surface area contributed by atoms with Gasteiger partial charge in [-0.2, -0.15) is 5.10 Å². The lowest BCUT2D eigenvalue weighted by Gasteiger charge is -2.23. The van der Waals surface area contributed by atoms with Crippen molar-refractivity contribution in [1.82, 2.24) is 10.7 Å². The molecule has 1 saturated carbocycles. The Labute approximate surface area is 126 Å². The number of hydrazone groups is 1. The molecule has 0 aromatic heterocycles. The Morgan fingerprint density at radius 2 is 1.80 bits per heavy atom. The molecule has 2 N–H and O–H groups in total. The number of aryl methyl sites for hydroxylation is 1. The van der Waals surface area contributed by atoms with Gasteiger partial charge in [-0.15, -0.1) is 0 Å². The second-order valence-corrected chi connectivity index (χ2v) is 5.89. The van der Waals surface area contributed by atoms with Crippen LogP contribution in [0, 0.1) is 6.92 Å². The van der Waals surface area contributed by atoms with E-state index >= 15 is 0 Å². The van der Waals surface area contributed by atoms with Gasteiger partial charge in [0.25, 0.3) is 0 Å². The SMILES string of the molecule is C/C(=N/NC(=S)NC1CCCCC1)c1ccc(C)cc1. The van der Waals surface area contributed by atoms with Gasteiger partial charge in [-0.25, -0.2) is 0 Å². The van der Waals surface area contributed by atoms with Gasteiger partial charge < -0.3 is 5.32 Å². The number of nitrogens with one attached hydrogen (secondary N) is 2. The van der Waals surface area contributed by atoms with Crippen molar-refractivity contribution in [2.45, 2.75) is 52.0 Å². The van der Waals surface area contributed by atoms with Crippen LogP contribution in [0.3, 0.4) is 0 Å². The van der Waals surface area contributed by atoms with Gasteiger partial charge >= 0.3 is 0 Å². The molecular weight excluding hydrogens is 266 g/mol. The van der Waals surface area contributed by atoms with E-state index in [4.69, 9.17) is 12.2 Å². The zero-order chi connectivity index (χ0) is 14.4. The van der Waals surface area contributed by atoms with E-state index < -0.39 is 0 Å². The van der Waals surface area contributed by atoms with Crippen molar-refractivity contribution in [3.63, 3.8) is 0 Å². The van der Waals surface area contributed by atoms with E-state index in [1.165, 1.54) is 37.7 Å². The Hall–Kier alpha value is -1.42. The number of hydrogen-bond donors (Lipinski definition) is 2. The zero-order valence-corrected chi connectivity index (χ0v) is 13.1. The van der Waals surface area contributed by atoms with Crippen molar-refractivity contribution >= 4 is 23.0 Å². The topological polar surface area (TPSA) is 36.4 Å². The molecule has 1 aromatic rings. The van der Waals surface area contributed by atoms with Crippen molar-refractivity contribution in [1.29, 1.82) is 0 Å². The molecule has 0 saturated heterocycles. The summed E-state index contributed by atoms with van der Waals surface area (Å²) in [5.74, 6) is 0. The fraction of sp³-hybridized carbons (Fsp3) is 0.500. The molecule has 1 fully saturated rings. The molecule has 0 bridgehead atoms. The highest BCUT2D eigenvalue weighted by atomic mass is 32.1. The van der Waals surface area contributed by atoms with Crippen molar-refractivity contribution < 1.29 is 0 Å². The van der Waals surface area contributed by atoms with Gasteiger partial charge in [0.1, 0.15) is 0 Å². The van der Waals surface area contributed by atoms with Crippen molar-refractivity contribution in [3.05, 3.63) is 35.4 Å². The van der Waals surface area contributed by atoms with Crippen LogP contribution in [-0.2, 0) is 0 Å². The lowest BCUT2D eigenvalue weighted by atomic mass is 9.96. The van der Waals surface area contributed by atoms with Crippen LogP contribution in [0.2, 0.25) is 0 Å². The van der Waals surface area contributed by atoms with Gasteiger partial charge in [-0.1, -0.05) is 49.1 Å². The normalized spacial score (nSPS) is 16.8. The maximum Gasteiger partial charge on any atom is 0.187 e. The van der Waals surface area contributed by atoms with Crippen molar-refractivity contribution in [3.8, 4) is 0 Å². The quantitative estimate of drug-likeness (QED) is 0.508. The Bertz CT molecular complexity index is 473. The highest BCUT2D eigenvalue weighted by Gasteiger charge is 2.13. The van der Waals surface area contributed by atoms with Crippen LogP contribution in [0.4, 0.5) is 0 Å². The Morgan fingerprint density at radius 1 is 1.15 bits per heavy atom. The molecule has 0 spiro atoms. The maximum absolute atomic E-state index is 5.29. The fourth-order valence-corrected chi connectivity index (χ4v) is 2.67. The smallest absolute Gasteiger partial charge is 0.187 e. The van der Waals surface area contributed by atoms with E-state index in [9.17, 15) is 0 Å². The first-order valence-electron chi connectivity index (χ1n) is 7.33. The van der Waals surface area contributed by atoms with Crippen molar-refractivity contribution in [2.24, 2.45) is 5.10 Å². The summed E-state index contributed by atoms with van der Waals surface area (Å²) in [6.45, 7) is 4.07. The molecule has 0 heterocycles. The molecule has 0 aliphatic heterocycles. The Morgan fingerprint density at radius 3 is 2.45 bits per heavy atom. The van der Waals surface area contributed by atoms with Crippen LogP contribution in [0.25, 0.3) is 0 Å². The maximum atomic E-state index is 5.29. The largest absolute Gasteiger partial charge is 0.359 e. The molecule has 4 heteroatoms. The van der Waals surface area contributed by atoms with Crippen LogP contribution in [0.15, 0.2) is 29.4 Å². The summed E-state index contributed by atoms with van der Waals surface area (Å²) < 4.78 is 0. The lowest BCUT2D eigenvalue weighted by molar-refractivity contribution is 0.412. The van der Waals surface area contributed by atoms with Gasteiger partial charge in [0.05, 0.1) is 5.71 Å². The highest BCUT2D eigenvalue weighted by Crippen LogP contribution is 2.17. The van der Waals surface area contributed by atoms with E-state index in [0.29, 0.717) is 11.2 Å².